The van der Waals surface area contributed by atoms with Crippen molar-refractivity contribution in [2.24, 2.45) is 0 Å². The zero-order valence-electron chi connectivity index (χ0n) is 17.9. The molecule has 1 atom stereocenters. The highest BCUT2D eigenvalue weighted by atomic mass is 32.2. The van der Waals surface area contributed by atoms with E-state index in [2.05, 4.69) is 26.1 Å². The lowest BCUT2D eigenvalue weighted by atomic mass is 9.86. The first-order valence-corrected chi connectivity index (χ1v) is 11.7. The van der Waals surface area contributed by atoms with E-state index in [9.17, 15) is 13.2 Å². The Balaban J connectivity index is 1.92. The molecule has 2 aromatic carbocycles. The normalized spacial score (nSPS) is 16.4. The van der Waals surface area contributed by atoms with Crippen molar-refractivity contribution in [2.45, 2.75) is 39.2 Å². The summed E-state index contributed by atoms with van der Waals surface area (Å²) in [7, 11) is -3.61. The van der Waals surface area contributed by atoms with E-state index < -0.39 is 22.0 Å². The largest absolute Gasteiger partial charge is 0.492 e. The predicted molar refractivity (Wildman–Crippen MR) is 118 cm³/mol. The molecule has 1 aliphatic heterocycles. The van der Waals surface area contributed by atoms with Gasteiger partial charge in [-0.05, 0) is 42.2 Å². The van der Waals surface area contributed by atoms with Gasteiger partial charge in [0.15, 0.2) is 6.10 Å². The lowest BCUT2D eigenvalue weighted by Crippen LogP contribution is -2.48. The van der Waals surface area contributed by atoms with Crippen LogP contribution in [0.1, 0.15) is 33.3 Å². The quantitative estimate of drug-likeness (QED) is 0.781. The number of fused-ring (bicyclic) bond motifs is 1. The number of sulfonamides is 1. The van der Waals surface area contributed by atoms with Gasteiger partial charge in [-0.2, -0.15) is 0 Å². The molecule has 3 rings (SSSR count). The lowest BCUT2D eigenvalue weighted by Gasteiger charge is -2.35. The molecule has 1 heterocycles. The van der Waals surface area contributed by atoms with Crippen LogP contribution in [-0.2, 0) is 20.2 Å². The molecule has 1 aliphatic rings. The number of carbonyl (C=O) groups is 1. The molecule has 162 valence electrons. The fourth-order valence-electron chi connectivity index (χ4n) is 3.23. The number of hydrogen-bond acceptors (Lipinski definition) is 5. The summed E-state index contributed by atoms with van der Waals surface area (Å²) in [5, 5.41) is 2.79. The van der Waals surface area contributed by atoms with Gasteiger partial charge in [-0.25, -0.2) is 8.42 Å². The highest BCUT2D eigenvalue weighted by Gasteiger charge is 2.36. The maximum absolute atomic E-state index is 12.9. The number of nitrogens with zero attached hydrogens (tertiary/aromatic N) is 1. The average molecular weight is 433 g/mol. The summed E-state index contributed by atoms with van der Waals surface area (Å²) in [6, 6.07) is 12.5. The number of benzene rings is 2. The van der Waals surface area contributed by atoms with Crippen LogP contribution in [0.4, 0.5) is 11.4 Å². The van der Waals surface area contributed by atoms with E-state index in [0.717, 1.165) is 11.8 Å². The van der Waals surface area contributed by atoms with Crippen LogP contribution in [0.5, 0.6) is 11.5 Å². The summed E-state index contributed by atoms with van der Waals surface area (Å²) in [5.41, 5.74) is 1.78. The van der Waals surface area contributed by atoms with Crippen LogP contribution in [-0.4, -0.2) is 39.8 Å². The van der Waals surface area contributed by atoms with Crippen molar-refractivity contribution in [3.63, 3.8) is 0 Å². The molecular formula is C22H28N2O5S. The van der Waals surface area contributed by atoms with Crippen molar-refractivity contribution in [2.75, 3.05) is 29.0 Å². The molecule has 0 saturated heterocycles. The third-order valence-corrected chi connectivity index (χ3v) is 5.98. The Labute approximate surface area is 178 Å². The Hall–Kier alpha value is -2.74. The van der Waals surface area contributed by atoms with Crippen molar-refractivity contribution in [1.29, 1.82) is 0 Å². The van der Waals surface area contributed by atoms with Gasteiger partial charge in [0.05, 0.1) is 30.8 Å². The summed E-state index contributed by atoms with van der Waals surface area (Å²) in [6.45, 7) is 8.36. The number of ether oxygens (including phenoxy) is 2. The molecular weight excluding hydrogens is 404 g/mol. The van der Waals surface area contributed by atoms with Crippen molar-refractivity contribution in [1.82, 2.24) is 0 Å². The van der Waals surface area contributed by atoms with E-state index in [-0.39, 0.29) is 12.0 Å². The topological polar surface area (TPSA) is 84.9 Å². The van der Waals surface area contributed by atoms with E-state index in [4.69, 9.17) is 9.47 Å². The number of anilines is 2. The Kier molecular flexibility index (Phi) is 5.99. The van der Waals surface area contributed by atoms with E-state index in [1.54, 1.807) is 24.3 Å². The summed E-state index contributed by atoms with van der Waals surface area (Å²) >= 11 is 0. The van der Waals surface area contributed by atoms with Crippen LogP contribution in [0.2, 0.25) is 0 Å². The van der Waals surface area contributed by atoms with Crippen LogP contribution in [0.25, 0.3) is 0 Å². The van der Waals surface area contributed by atoms with Crippen molar-refractivity contribution >= 4 is 27.3 Å². The van der Waals surface area contributed by atoms with E-state index in [0.29, 0.717) is 29.5 Å². The summed E-state index contributed by atoms with van der Waals surface area (Å²) in [6.07, 6.45) is 0.132. The standard InChI is InChI=1S/C22H28N2O5S/c1-6-28-18-10-8-7-9-16(18)23-21(25)20-14-24(30(5,26)27)17-13-15(22(2,3)4)11-12-19(17)29-20/h7-13,20H,6,14H2,1-5H3,(H,23,25)/t20-/m0/s1. The molecule has 0 radical (unpaired) electrons. The molecule has 0 spiro atoms. The van der Waals surface area contributed by atoms with E-state index in [1.165, 1.54) is 4.31 Å². The molecule has 1 amide bonds. The van der Waals surface area contributed by atoms with Gasteiger partial charge < -0.3 is 14.8 Å². The van der Waals surface area contributed by atoms with Crippen LogP contribution < -0.4 is 19.1 Å². The highest BCUT2D eigenvalue weighted by Crippen LogP contribution is 2.39. The van der Waals surface area contributed by atoms with Gasteiger partial charge in [0.1, 0.15) is 11.5 Å². The van der Waals surface area contributed by atoms with Crippen molar-refractivity contribution in [3.8, 4) is 11.5 Å². The molecule has 8 heteroatoms. The minimum absolute atomic E-state index is 0.109. The van der Waals surface area contributed by atoms with Gasteiger partial charge in [0.2, 0.25) is 10.0 Å². The second-order valence-electron chi connectivity index (χ2n) is 8.25. The van der Waals surface area contributed by atoms with Crippen LogP contribution in [0, 0.1) is 0 Å². The van der Waals surface area contributed by atoms with Gasteiger partial charge in [0, 0.05) is 0 Å². The Morgan fingerprint density at radius 1 is 1.23 bits per heavy atom. The van der Waals surface area contributed by atoms with Crippen LogP contribution in [0.15, 0.2) is 42.5 Å². The number of carbonyl (C=O) groups excluding carboxylic acids is 1. The molecule has 0 fully saturated rings. The molecule has 0 aromatic heterocycles. The van der Waals surface area contributed by atoms with E-state index >= 15 is 0 Å². The Morgan fingerprint density at radius 3 is 2.57 bits per heavy atom. The van der Waals surface area contributed by atoms with Crippen molar-refractivity contribution in [3.05, 3.63) is 48.0 Å². The minimum Gasteiger partial charge on any atom is -0.492 e. The lowest BCUT2D eigenvalue weighted by molar-refractivity contribution is -0.122. The second kappa shape index (κ2) is 8.18. The Bertz CT molecular complexity index is 1040. The zero-order chi connectivity index (χ0) is 22.1. The molecule has 1 N–H and O–H groups in total. The van der Waals surface area contributed by atoms with Crippen molar-refractivity contribution < 1.29 is 22.7 Å². The van der Waals surface area contributed by atoms with Gasteiger partial charge in [-0.15, -0.1) is 0 Å². The molecule has 2 aromatic rings. The number of para-hydroxylation sites is 2. The van der Waals surface area contributed by atoms with E-state index in [1.807, 2.05) is 25.1 Å². The fraction of sp³-hybridized carbons (Fsp3) is 0.409. The van der Waals surface area contributed by atoms with Gasteiger partial charge in [-0.3, -0.25) is 9.10 Å². The molecule has 0 unspecified atom stereocenters. The monoisotopic (exact) mass is 432 g/mol. The van der Waals surface area contributed by atoms with Gasteiger partial charge in [-0.1, -0.05) is 39.0 Å². The maximum atomic E-state index is 12.9. The molecule has 0 saturated carbocycles. The van der Waals surface area contributed by atoms with Crippen LogP contribution in [0.3, 0.4) is 0 Å². The average Bonchev–Trinajstić information content (AvgIpc) is 2.67. The number of rotatable bonds is 5. The first-order valence-electron chi connectivity index (χ1n) is 9.82. The third-order valence-electron chi connectivity index (χ3n) is 4.83. The summed E-state index contributed by atoms with van der Waals surface area (Å²) < 4.78 is 37.7. The first-order chi connectivity index (χ1) is 14.0. The van der Waals surface area contributed by atoms with Gasteiger partial charge in [0.25, 0.3) is 5.91 Å². The number of nitrogens with one attached hydrogen (secondary N) is 1. The van der Waals surface area contributed by atoms with Crippen LogP contribution >= 0.6 is 0 Å². The maximum Gasteiger partial charge on any atom is 0.267 e. The molecule has 30 heavy (non-hydrogen) atoms. The third kappa shape index (κ3) is 4.70. The molecule has 7 nitrogen and oxygen atoms in total. The zero-order valence-corrected chi connectivity index (χ0v) is 18.7. The smallest absolute Gasteiger partial charge is 0.267 e. The molecule has 0 bridgehead atoms. The Morgan fingerprint density at radius 2 is 1.93 bits per heavy atom. The summed E-state index contributed by atoms with van der Waals surface area (Å²) in [5.74, 6) is 0.457. The number of hydrogen-bond donors (Lipinski definition) is 1. The molecule has 0 aliphatic carbocycles. The minimum atomic E-state index is -3.61. The first kappa shape index (κ1) is 22.0. The predicted octanol–water partition coefficient (Wildman–Crippen LogP) is 3.55. The summed E-state index contributed by atoms with van der Waals surface area (Å²) in [4.78, 5) is 12.9. The second-order valence-corrected chi connectivity index (χ2v) is 10.2. The number of amides is 1. The van der Waals surface area contributed by atoms with Gasteiger partial charge >= 0.3 is 0 Å². The SMILES string of the molecule is CCOc1ccccc1NC(=O)[C@@H]1CN(S(C)(=O)=O)c2cc(C(C)(C)C)ccc2O1. The fourth-order valence-corrected chi connectivity index (χ4v) is 4.14. The highest BCUT2D eigenvalue weighted by molar-refractivity contribution is 7.92.